The van der Waals surface area contributed by atoms with Crippen LogP contribution in [0.25, 0.3) is 22.2 Å². The highest BCUT2D eigenvalue weighted by Crippen LogP contribution is 2.52. The fraction of sp³-hybridized carbons (Fsp3) is 0.138. The van der Waals surface area contributed by atoms with E-state index in [1.165, 1.54) is 0 Å². The van der Waals surface area contributed by atoms with Crippen molar-refractivity contribution in [2.24, 2.45) is 5.92 Å². The van der Waals surface area contributed by atoms with Crippen LogP contribution in [0, 0.1) is 5.92 Å². The topological polar surface area (TPSA) is 56.3 Å². The third-order valence-corrected chi connectivity index (χ3v) is 7.42. The Balaban J connectivity index is 1.80. The molecule has 0 saturated carbocycles. The first-order valence-corrected chi connectivity index (χ1v) is 12.3. The number of aromatic carboxylic acids is 1. The number of hydrogen-bond donors (Lipinski definition) is 2. The van der Waals surface area contributed by atoms with Crippen LogP contribution < -0.4 is 0 Å². The van der Waals surface area contributed by atoms with Crippen LogP contribution in [0.5, 0.6) is 0 Å². The summed E-state index contributed by atoms with van der Waals surface area (Å²) in [7, 11) is 0. The zero-order valence-electron chi connectivity index (χ0n) is 18.9. The van der Waals surface area contributed by atoms with Crippen LogP contribution in [0.15, 0.2) is 79.0 Å². The van der Waals surface area contributed by atoms with Gasteiger partial charge in [-0.2, -0.15) is 0 Å². The molecule has 174 valence electrons. The third-order valence-electron chi connectivity index (χ3n) is 6.95. The molecule has 4 nitrogen and oxygen atoms in total. The molecule has 0 bridgehead atoms. The van der Waals surface area contributed by atoms with Gasteiger partial charge in [-0.15, -0.1) is 0 Å². The zero-order chi connectivity index (χ0) is 24.3. The maximum absolute atomic E-state index is 12.5. The molecule has 4 aromatic rings. The largest absolute Gasteiger partial charge is 0.477 e. The molecule has 6 heteroatoms. The van der Waals surface area contributed by atoms with E-state index in [1.807, 2.05) is 54.6 Å². The van der Waals surface area contributed by atoms with Gasteiger partial charge in [0.05, 0.1) is 11.7 Å². The monoisotopic (exact) mass is 500 g/mol. The second kappa shape index (κ2) is 8.33. The van der Waals surface area contributed by atoms with Crippen LogP contribution in [0.3, 0.4) is 0 Å². The number of rotatable bonds is 3. The molecular weight excluding hydrogens is 479 g/mol. The number of H-pyrrole nitrogens is 1. The summed E-state index contributed by atoms with van der Waals surface area (Å²) < 4.78 is 0. The van der Waals surface area contributed by atoms with E-state index in [4.69, 9.17) is 23.2 Å². The highest BCUT2D eigenvalue weighted by Gasteiger charge is 2.39. The number of nitrogens with zero attached hydrogens (tertiary/aromatic N) is 1. The molecule has 6 rings (SSSR count). The molecule has 0 fully saturated rings. The predicted octanol–water partition coefficient (Wildman–Crippen LogP) is 8.00. The van der Waals surface area contributed by atoms with Crippen LogP contribution >= 0.6 is 23.2 Å². The van der Waals surface area contributed by atoms with Crippen molar-refractivity contribution >= 4 is 51.3 Å². The van der Waals surface area contributed by atoms with Crippen molar-refractivity contribution in [1.29, 1.82) is 0 Å². The van der Waals surface area contributed by atoms with E-state index in [2.05, 4.69) is 41.2 Å². The van der Waals surface area contributed by atoms with Crippen molar-refractivity contribution in [3.63, 3.8) is 0 Å². The van der Waals surface area contributed by atoms with Gasteiger partial charge in [-0.25, -0.2) is 4.79 Å². The molecule has 2 atom stereocenters. The van der Waals surface area contributed by atoms with E-state index in [9.17, 15) is 9.90 Å². The predicted molar refractivity (Wildman–Crippen MR) is 142 cm³/mol. The molecule has 2 aliphatic rings. The van der Waals surface area contributed by atoms with Gasteiger partial charge in [0, 0.05) is 32.7 Å². The first kappa shape index (κ1) is 22.0. The van der Waals surface area contributed by atoms with Gasteiger partial charge in [-0.1, -0.05) is 78.7 Å². The van der Waals surface area contributed by atoms with Gasteiger partial charge in [-0.3, -0.25) is 0 Å². The van der Waals surface area contributed by atoms with Gasteiger partial charge < -0.3 is 15.0 Å². The van der Waals surface area contributed by atoms with Crippen molar-refractivity contribution in [1.82, 2.24) is 9.88 Å². The quantitative estimate of drug-likeness (QED) is 0.299. The summed E-state index contributed by atoms with van der Waals surface area (Å²) >= 11 is 12.8. The number of nitrogens with one attached hydrogen (secondary N) is 1. The maximum atomic E-state index is 12.5. The lowest BCUT2D eigenvalue weighted by Crippen LogP contribution is -2.28. The molecule has 3 aromatic carbocycles. The Hall–Kier alpha value is -3.47. The number of fused-ring (bicyclic) bond motifs is 2. The van der Waals surface area contributed by atoms with E-state index >= 15 is 0 Å². The summed E-state index contributed by atoms with van der Waals surface area (Å²) in [6.45, 7) is 2.20. The molecule has 2 aliphatic heterocycles. The van der Waals surface area contributed by atoms with Crippen molar-refractivity contribution < 1.29 is 9.90 Å². The minimum atomic E-state index is -0.996. The number of carboxylic acid groups (broad SMARTS) is 1. The highest BCUT2D eigenvalue weighted by atomic mass is 35.5. The molecule has 35 heavy (non-hydrogen) atoms. The number of hydrogen-bond acceptors (Lipinski definition) is 2. The summed E-state index contributed by atoms with van der Waals surface area (Å²) in [5.41, 5.74) is 6.74. The molecule has 0 amide bonds. The molecule has 0 saturated heterocycles. The Labute approximate surface area is 213 Å². The van der Waals surface area contributed by atoms with Gasteiger partial charge in [0.1, 0.15) is 5.69 Å². The fourth-order valence-corrected chi connectivity index (χ4v) is 5.89. The van der Waals surface area contributed by atoms with Gasteiger partial charge in [0.25, 0.3) is 0 Å². The summed E-state index contributed by atoms with van der Waals surface area (Å²) in [5, 5.41) is 12.4. The Morgan fingerprint density at radius 1 is 1.03 bits per heavy atom. The average molecular weight is 501 g/mol. The molecule has 0 aliphatic carbocycles. The van der Waals surface area contributed by atoms with E-state index in [0.29, 0.717) is 15.6 Å². The molecule has 2 N–H and O–H groups in total. The summed E-state index contributed by atoms with van der Waals surface area (Å²) in [6, 6.07) is 21.6. The number of carboxylic acids is 1. The third kappa shape index (κ3) is 3.48. The van der Waals surface area contributed by atoms with Gasteiger partial charge in [-0.05, 0) is 58.9 Å². The standard InChI is InChI=1S/C29H22Cl2N2O2/c1-16-6-5-13-33-27(18-9-11-19(30)12-10-18)21-14-20(31)15-22-24(21)25(26(32-22)29(34)35)28(33)23(16)17-7-3-2-4-8-17/h2-5,7-16,27,32H,6H2,1H3,(H,34,35). The number of allylic oxidation sites excluding steroid dienone is 2. The second-order valence-corrected chi connectivity index (χ2v) is 9.98. The van der Waals surface area contributed by atoms with Crippen LogP contribution in [-0.4, -0.2) is 21.0 Å². The van der Waals surface area contributed by atoms with E-state index in [0.717, 1.165) is 45.3 Å². The smallest absolute Gasteiger partial charge is 0.353 e. The van der Waals surface area contributed by atoms with E-state index < -0.39 is 5.97 Å². The molecule has 1 aromatic heterocycles. The van der Waals surface area contributed by atoms with Crippen molar-refractivity contribution in [3.05, 3.63) is 117 Å². The summed E-state index contributed by atoms with van der Waals surface area (Å²) in [6.07, 6.45) is 5.10. The van der Waals surface area contributed by atoms with Crippen molar-refractivity contribution in [2.75, 3.05) is 0 Å². The number of benzene rings is 3. The molecule has 2 unspecified atom stereocenters. The second-order valence-electron chi connectivity index (χ2n) is 9.11. The van der Waals surface area contributed by atoms with Gasteiger partial charge in [0.2, 0.25) is 0 Å². The van der Waals surface area contributed by atoms with Crippen molar-refractivity contribution in [2.45, 2.75) is 19.4 Å². The normalized spacial score (nSPS) is 19.1. The van der Waals surface area contributed by atoms with Crippen LogP contribution in [-0.2, 0) is 0 Å². The van der Waals surface area contributed by atoms with E-state index in [-0.39, 0.29) is 17.7 Å². The number of carbonyl (C=O) groups is 1. The Kier molecular flexibility index (Phi) is 5.24. The Morgan fingerprint density at radius 2 is 1.77 bits per heavy atom. The molecule has 3 heterocycles. The lowest BCUT2D eigenvalue weighted by Gasteiger charge is -2.39. The van der Waals surface area contributed by atoms with Crippen LogP contribution in [0.4, 0.5) is 0 Å². The Bertz CT molecular complexity index is 1530. The molecule has 0 spiro atoms. The maximum Gasteiger partial charge on any atom is 0.353 e. The van der Waals surface area contributed by atoms with E-state index in [1.54, 1.807) is 0 Å². The number of aromatic amines is 1. The molecular formula is C29H22Cl2N2O2. The first-order valence-electron chi connectivity index (χ1n) is 11.5. The average Bonchev–Trinajstić information content (AvgIpc) is 3.13. The van der Waals surface area contributed by atoms with Crippen molar-refractivity contribution in [3.8, 4) is 0 Å². The fourth-order valence-electron chi connectivity index (χ4n) is 5.54. The SMILES string of the molecule is CC1CC=CN2C(=C1c1ccccc1)c1c(C(=O)O)[nH]c3cc(Cl)cc(c13)C2c1ccc(Cl)cc1. The minimum absolute atomic E-state index is 0.175. The minimum Gasteiger partial charge on any atom is -0.477 e. The highest BCUT2D eigenvalue weighted by molar-refractivity contribution is 6.32. The lowest BCUT2D eigenvalue weighted by molar-refractivity contribution is 0.0691. The van der Waals surface area contributed by atoms with Crippen LogP contribution in [0.1, 0.15) is 52.1 Å². The Morgan fingerprint density at radius 3 is 2.49 bits per heavy atom. The van der Waals surface area contributed by atoms with Gasteiger partial charge >= 0.3 is 5.97 Å². The summed E-state index contributed by atoms with van der Waals surface area (Å²) in [5.74, 6) is -0.816. The number of aromatic nitrogens is 1. The van der Waals surface area contributed by atoms with Crippen LogP contribution in [0.2, 0.25) is 10.0 Å². The zero-order valence-corrected chi connectivity index (χ0v) is 20.4. The van der Waals surface area contributed by atoms with Gasteiger partial charge in [0.15, 0.2) is 0 Å². The summed E-state index contributed by atoms with van der Waals surface area (Å²) in [4.78, 5) is 17.9. The first-order chi connectivity index (χ1) is 16.9. The number of halogens is 2. The molecule has 0 radical (unpaired) electrons. The lowest BCUT2D eigenvalue weighted by atomic mass is 9.82.